The molecule has 4 rings (SSSR count). The zero-order valence-corrected chi connectivity index (χ0v) is 14.1. The molecule has 0 saturated heterocycles. The van der Waals surface area contributed by atoms with Crippen molar-refractivity contribution in [3.05, 3.63) is 77.4 Å². The molecule has 1 atom stereocenters. The maximum atomic E-state index is 3.70. The highest BCUT2D eigenvalue weighted by Gasteiger charge is 2.24. The molecule has 0 saturated carbocycles. The largest absolute Gasteiger partial charge is 0.378 e. The second-order valence-electron chi connectivity index (χ2n) is 7.59. The lowest BCUT2D eigenvalue weighted by Gasteiger charge is -2.20. The van der Waals surface area contributed by atoms with Crippen LogP contribution in [-0.4, -0.2) is 0 Å². The van der Waals surface area contributed by atoms with Crippen LogP contribution in [0.2, 0.25) is 0 Å². The Bertz CT molecular complexity index is 853. The summed E-state index contributed by atoms with van der Waals surface area (Å²) in [5.41, 5.74) is 5.71. The van der Waals surface area contributed by atoms with Gasteiger partial charge in [-0.1, -0.05) is 75.4 Å². The van der Waals surface area contributed by atoms with E-state index in [1.807, 2.05) is 0 Å². The van der Waals surface area contributed by atoms with E-state index < -0.39 is 0 Å². The van der Waals surface area contributed by atoms with Crippen molar-refractivity contribution in [1.29, 1.82) is 0 Å². The minimum absolute atomic E-state index is 0.209. The van der Waals surface area contributed by atoms with Gasteiger partial charge in [-0.05, 0) is 45.4 Å². The summed E-state index contributed by atoms with van der Waals surface area (Å²) in [5, 5.41) is 6.41. The van der Waals surface area contributed by atoms with Gasteiger partial charge >= 0.3 is 0 Å². The molecule has 1 unspecified atom stereocenters. The quantitative estimate of drug-likeness (QED) is 0.595. The van der Waals surface area contributed by atoms with Crippen LogP contribution < -0.4 is 5.32 Å². The second kappa shape index (κ2) is 5.13. The van der Waals surface area contributed by atoms with Crippen molar-refractivity contribution >= 4 is 16.5 Å². The molecule has 1 nitrogen and oxygen atoms in total. The predicted molar refractivity (Wildman–Crippen MR) is 99.2 cm³/mol. The monoisotopic (exact) mass is 301 g/mol. The Morgan fingerprint density at radius 2 is 1.61 bits per heavy atom. The summed E-state index contributed by atoms with van der Waals surface area (Å²) in [5.74, 6) is 0. The molecule has 0 aliphatic carbocycles. The standard InChI is InChI=1S/C22H23N/c1-22(2,3)17-11-8-16(9-12-17)21-14-19-18-7-5-4-6-15(18)10-13-20(19)23-21/h4-13,21,23H,14H2,1-3H3. The number of hydrogen-bond donors (Lipinski definition) is 1. The molecule has 1 heterocycles. The van der Waals surface area contributed by atoms with Crippen molar-refractivity contribution in [3.8, 4) is 0 Å². The van der Waals surface area contributed by atoms with Crippen molar-refractivity contribution in [3.63, 3.8) is 0 Å². The van der Waals surface area contributed by atoms with Crippen molar-refractivity contribution in [1.82, 2.24) is 0 Å². The van der Waals surface area contributed by atoms with Gasteiger partial charge in [0.25, 0.3) is 0 Å². The Morgan fingerprint density at radius 3 is 2.35 bits per heavy atom. The average molecular weight is 301 g/mol. The van der Waals surface area contributed by atoms with Crippen LogP contribution >= 0.6 is 0 Å². The maximum absolute atomic E-state index is 3.70. The number of nitrogens with one attached hydrogen (secondary N) is 1. The van der Waals surface area contributed by atoms with Crippen LogP contribution in [0, 0.1) is 0 Å². The topological polar surface area (TPSA) is 12.0 Å². The summed E-state index contributed by atoms with van der Waals surface area (Å²) in [7, 11) is 0. The third kappa shape index (κ3) is 2.50. The molecule has 116 valence electrons. The zero-order chi connectivity index (χ0) is 16.0. The molecule has 3 aromatic carbocycles. The van der Waals surface area contributed by atoms with Crippen LogP contribution in [0.4, 0.5) is 5.69 Å². The Labute approximate surface area is 138 Å². The van der Waals surface area contributed by atoms with Crippen LogP contribution in [0.1, 0.15) is 43.5 Å². The van der Waals surface area contributed by atoms with E-state index in [9.17, 15) is 0 Å². The van der Waals surface area contributed by atoms with Gasteiger partial charge in [-0.2, -0.15) is 0 Å². The normalized spacial score (nSPS) is 17.1. The molecule has 0 radical (unpaired) electrons. The van der Waals surface area contributed by atoms with Gasteiger partial charge in [-0.3, -0.25) is 0 Å². The molecule has 3 aromatic rings. The van der Waals surface area contributed by atoms with E-state index in [0.29, 0.717) is 6.04 Å². The van der Waals surface area contributed by atoms with Gasteiger partial charge in [0.1, 0.15) is 0 Å². The summed E-state index contributed by atoms with van der Waals surface area (Å²) >= 11 is 0. The van der Waals surface area contributed by atoms with Gasteiger partial charge in [-0.25, -0.2) is 0 Å². The van der Waals surface area contributed by atoms with Crippen molar-refractivity contribution in [2.24, 2.45) is 0 Å². The average Bonchev–Trinajstić information content (AvgIpc) is 2.99. The van der Waals surface area contributed by atoms with E-state index in [-0.39, 0.29) is 5.41 Å². The molecule has 1 aliphatic heterocycles. The molecule has 0 amide bonds. The molecule has 1 N–H and O–H groups in total. The molecular formula is C22H23N. The number of fused-ring (bicyclic) bond motifs is 3. The third-order valence-corrected chi connectivity index (χ3v) is 4.96. The SMILES string of the molecule is CC(C)(C)c1ccc(C2Cc3c(ccc4ccccc34)N2)cc1. The van der Waals surface area contributed by atoms with E-state index in [1.165, 1.54) is 33.2 Å². The Balaban J connectivity index is 1.67. The summed E-state index contributed by atoms with van der Waals surface area (Å²) in [6, 6.07) is 22.6. The van der Waals surface area contributed by atoms with Crippen LogP contribution in [0.25, 0.3) is 10.8 Å². The van der Waals surface area contributed by atoms with E-state index >= 15 is 0 Å². The van der Waals surface area contributed by atoms with Crippen molar-refractivity contribution in [2.75, 3.05) is 5.32 Å². The summed E-state index contributed by atoms with van der Waals surface area (Å²) in [6.07, 6.45) is 1.06. The molecule has 1 aliphatic rings. The number of hydrogen-bond acceptors (Lipinski definition) is 1. The van der Waals surface area contributed by atoms with E-state index in [1.54, 1.807) is 0 Å². The van der Waals surface area contributed by atoms with Crippen LogP contribution in [-0.2, 0) is 11.8 Å². The Kier molecular flexibility index (Phi) is 3.19. The van der Waals surface area contributed by atoms with Crippen molar-refractivity contribution in [2.45, 2.75) is 38.6 Å². The van der Waals surface area contributed by atoms with Gasteiger partial charge in [0.05, 0.1) is 6.04 Å². The summed E-state index contributed by atoms with van der Waals surface area (Å²) in [4.78, 5) is 0. The fraction of sp³-hybridized carbons (Fsp3) is 0.273. The first-order chi connectivity index (χ1) is 11.0. The Morgan fingerprint density at radius 1 is 0.870 bits per heavy atom. The van der Waals surface area contributed by atoms with Crippen molar-refractivity contribution < 1.29 is 0 Å². The van der Waals surface area contributed by atoms with Gasteiger partial charge in [0.2, 0.25) is 0 Å². The highest BCUT2D eigenvalue weighted by Crippen LogP contribution is 2.38. The minimum Gasteiger partial charge on any atom is -0.378 e. The third-order valence-electron chi connectivity index (χ3n) is 4.96. The van der Waals surface area contributed by atoms with Gasteiger partial charge in [-0.15, -0.1) is 0 Å². The first kappa shape index (κ1) is 14.3. The molecular weight excluding hydrogens is 278 g/mol. The molecule has 0 spiro atoms. The van der Waals surface area contributed by atoms with Gasteiger partial charge < -0.3 is 5.32 Å². The van der Waals surface area contributed by atoms with Gasteiger partial charge in [0, 0.05) is 5.69 Å². The zero-order valence-electron chi connectivity index (χ0n) is 14.1. The minimum atomic E-state index is 0.209. The number of benzene rings is 3. The van der Waals surface area contributed by atoms with E-state index in [2.05, 4.69) is 86.8 Å². The lowest BCUT2D eigenvalue weighted by Crippen LogP contribution is -2.12. The molecule has 0 aromatic heterocycles. The first-order valence-electron chi connectivity index (χ1n) is 8.40. The van der Waals surface area contributed by atoms with Crippen LogP contribution in [0.3, 0.4) is 0 Å². The highest BCUT2D eigenvalue weighted by molar-refractivity contribution is 5.91. The Hall–Kier alpha value is -2.28. The molecule has 1 heteroatoms. The molecule has 0 fully saturated rings. The predicted octanol–water partition coefficient (Wildman–Crippen LogP) is 5.85. The fourth-order valence-corrected chi connectivity index (χ4v) is 3.55. The van der Waals surface area contributed by atoms with Gasteiger partial charge in [0.15, 0.2) is 0 Å². The van der Waals surface area contributed by atoms with E-state index in [4.69, 9.17) is 0 Å². The number of anilines is 1. The first-order valence-corrected chi connectivity index (χ1v) is 8.40. The number of rotatable bonds is 1. The second-order valence-corrected chi connectivity index (χ2v) is 7.59. The molecule has 0 bridgehead atoms. The maximum Gasteiger partial charge on any atom is 0.0555 e. The van der Waals surface area contributed by atoms with Crippen LogP contribution in [0.15, 0.2) is 60.7 Å². The summed E-state index contributed by atoms with van der Waals surface area (Å²) in [6.45, 7) is 6.79. The smallest absolute Gasteiger partial charge is 0.0555 e. The highest BCUT2D eigenvalue weighted by atomic mass is 14.9. The lowest BCUT2D eigenvalue weighted by molar-refractivity contribution is 0.589. The summed E-state index contributed by atoms with van der Waals surface area (Å²) < 4.78 is 0. The van der Waals surface area contributed by atoms with Crippen LogP contribution in [0.5, 0.6) is 0 Å². The van der Waals surface area contributed by atoms with E-state index in [0.717, 1.165) is 6.42 Å². The molecule has 23 heavy (non-hydrogen) atoms. The lowest BCUT2D eigenvalue weighted by atomic mass is 9.86. The fourth-order valence-electron chi connectivity index (χ4n) is 3.55.